The second-order valence-electron chi connectivity index (χ2n) is 7.06. The summed E-state index contributed by atoms with van der Waals surface area (Å²) < 4.78 is 5.21. The van der Waals surface area contributed by atoms with E-state index in [-0.39, 0.29) is 18.4 Å². The lowest BCUT2D eigenvalue weighted by Crippen LogP contribution is -2.52. The molecule has 1 aromatic carbocycles. The Morgan fingerprint density at radius 2 is 1.85 bits per heavy atom. The predicted molar refractivity (Wildman–Crippen MR) is 109 cm³/mol. The van der Waals surface area contributed by atoms with E-state index in [4.69, 9.17) is 4.74 Å². The molecule has 3 N–H and O–H groups in total. The number of carbonyl (C=O) groups excluding carboxylic acids is 2. The quantitative estimate of drug-likeness (QED) is 0.342. The van der Waals surface area contributed by atoms with E-state index in [0.717, 1.165) is 18.4 Å². The van der Waals surface area contributed by atoms with E-state index in [1.54, 1.807) is 0 Å². The van der Waals surface area contributed by atoms with Crippen molar-refractivity contribution < 1.29 is 19.4 Å². The van der Waals surface area contributed by atoms with Crippen LogP contribution in [0.2, 0.25) is 0 Å². The molecule has 0 spiro atoms. The van der Waals surface area contributed by atoms with E-state index in [1.165, 1.54) is 0 Å². The molecule has 1 rings (SSSR count). The molecule has 1 aromatic rings. The Bertz CT molecular complexity index is 566. The molecule has 0 unspecified atom stereocenters. The van der Waals surface area contributed by atoms with Crippen molar-refractivity contribution in [2.24, 2.45) is 5.92 Å². The van der Waals surface area contributed by atoms with Gasteiger partial charge in [0.2, 0.25) is 5.91 Å². The van der Waals surface area contributed by atoms with E-state index in [9.17, 15) is 14.7 Å². The average molecular weight is 397 g/mol. The monoisotopic (exact) mass is 396 g/mol. The van der Waals surface area contributed by atoms with Gasteiger partial charge in [-0.2, -0.15) is 0 Å². The van der Waals surface area contributed by atoms with Crippen molar-refractivity contribution in [3.63, 3.8) is 0 Å². The molecule has 7 heteroatoms. The summed E-state index contributed by atoms with van der Waals surface area (Å²) in [7, 11) is 0. The lowest BCUT2D eigenvalue weighted by atomic mass is 10.0. The van der Waals surface area contributed by atoms with Crippen molar-refractivity contribution in [2.75, 3.05) is 0 Å². The second kappa shape index (κ2) is 12.6. The summed E-state index contributed by atoms with van der Waals surface area (Å²) in [6.07, 6.45) is 2.27. The van der Waals surface area contributed by atoms with Crippen LogP contribution in [0.25, 0.3) is 0 Å². The number of carbonyl (C=O) groups is 2. The molecular formula is C20H32N2O4S. The number of amides is 2. The molecule has 27 heavy (non-hydrogen) atoms. The molecule has 0 aliphatic carbocycles. The Hall–Kier alpha value is -1.73. The SMILES string of the molecule is CCCC[C@H](NC(=O)[C@H](CC(C)C)NC(=O)OCc1ccccc1)[C@@H](O)S. The van der Waals surface area contributed by atoms with Gasteiger partial charge < -0.3 is 20.5 Å². The maximum atomic E-state index is 12.6. The van der Waals surface area contributed by atoms with Gasteiger partial charge in [-0.05, 0) is 24.3 Å². The molecule has 6 nitrogen and oxygen atoms in total. The highest BCUT2D eigenvalue weighted by Crippen LogP contribution is 2.11. The standard InChI is InChI=1S/C20H32N2O4S/c1-4-5-11-16(19(24)27)21-18(23)17(12-14(2)3)22-20(25)26-13-15-9-7-6-8-10-15/h6-10,14,16-17,19,24,27H,4-5,11-13H2,1-3H3,(H,21,23)(H,22,25)/t16-,17-,19-/m0/s1. The van der Waals surface area contributed by atoms with Gasteiger partial charge in [0, 0.05) is 0 Å². The number of alkyl carbamates (subject to hydrolysis) is 1. The first kappa shape index (κ1) is 23.3. The van der Waals surface area contributed by atoms with E-state index in [0.29, 0.717) is 12.8 Å². The van der Waals surface area contributed by atoms with Crippen LogP contribution in [0, 0.1) is 5.92 Å². The normalized spacial score (nSPS) is 14.3. The van der Waals surface area contributed by atoms with Gasteiger partial charge >= 0.3 is 6.09 Å². The molecule has 0 aliphatic heterocycles. The van der Waals surface area contributed by atoms with Crippen LogP contribution < -0.4 is 10.6 Å². The molecule has 0 radical (unpaired) electrons. The summed E-state index contributed by atoms with van der Waals surface area (Å²) in [6, 6.07) is 8.14. The first-order valence-corrected chi connectivity index (χ1v) is 9.98. The van der Waals surface area contributed by atoms with Crippen LogP contribution in [-0.2, 0) is 16.1 Å². The summed E-state index contributed by atoms with van der Waals surface area (Å²) >= 11 is 4.05. The number of nitrogens with one attached hydrogen (secondary N) is 2. The topological polar surface area (TPSA) is 87.7 Å². The minimum atomic E-state index is -0.953. The molecule has 0 saturated heterocycles. The number of thiol groups is 1. The fraction of sp³-hybridized carbons (Fsp3) is 0.600. The summed E-state index contributed by atoms with van der Waals surface area (Å²) in [5, 5.41) is 15.2. The van der Waals surface area contributed by atoms with Crippen molar-refractivity contribution in [2.45, 2.75) is 70.6 Å². The number of rotatable bonds is 11. The van der Waals surface area contributed by atoms with E-state index >= 15 is 0 Å². The maximum Gasteiger partial charge on any atom is 0.408 e. The Labute approximate surface area is 167 Å². The third kappa shape index (κ3) is 9.68. The van der Waals surface area contributed by atoms with Gasteiger partial charge in [-0.15, -0.1) is 12.6 Å². The number of ether oxygens (including phenoxy) is 1. The summed E-state index contributed by atoms with van der Waals surface area (Å²) in [5.74, 6) is -0.139. The molecule has 0 fully saturated rings. The van der Waals surface area contributed by atoms with Crippen molar-refractivity contribution in [1.29, 1.82) is 0 Å². The largest absolute Gasteiger partial charge is 0.445 e. The molecule has 0 aromatic heterocycles. The Kier molecular flexibility index (Phi) is 10.9. The van der Waals surface area contributed by atoms with Gasteiger partial charge in [0.1, 0.15) is 18.1 Å². The minimum Gasteiger partial charge on any atom is -0.445 e. The van der Waals surface area contributed by atoms with Gasteiger partial charge in [0.25, 0.3) is 0 Å². The van der Waals surface area contributed by atoms with Crippen LogP contribution in [-0.4, -0.2) is 34.6 Å². The lowest BCUT2D eigenvalue weighted by Gasteiger charge is -2.25. The Balaban J connectivity index is 2.64. The molecular weight excluding hydrogens is 364 g/mol. The zero-order chi connectivity index (χ0) is 20.2. The highest BCUT2D eigenvalue weighted by Gasteiger charge is 2.26. The molecule has 0 aliphatic rings. The van der Waals surface area contributed by atoms with Crippen LogP contribution in [0.1, 0.15) is 52.0 Å². The first-order valence-electron chi connectivity index (χ1n) is 9.47. The van der Waals surface area contributed by atoms with Gasteiger partial charge in [0.05, 0.1) is 6.04 Å². The van der Waals surface area contributed by atoms with E-state index in [1.807, 2.05) is 51.1 Å². The van der Waals surface area contributed by atoms with Crippen LogP contribution in [0.3, 0.4) is 0 Å². The third-order valence-electron chi connectivity index (χ3n) is 4.08. The fourth-order valence-electron chi connectivity index (χ4n) is 2.61. The maximum absolute atomic E-state index is 12.6. The van der Waals surface area contributed by atoms with Gasteiger partial charge in [0.15, 0.2) is 0 Å². The molecule has 152 valence electrons. The van der Waals surface area contributed by atoms with Crippen LogP contribution >= 0.6 is 12.6 Å². The molecule has 2 amide bonds. The average Bonchev–Trinajstić information content (AvgIpc) is 2.63. The summed E-state index contributed by atoms with van der Waals surface area (Å²) in [5.41, 5.74) is -0.0828. The predicted octanol–water partition coefficient (Wildman–Crippen LogP) is 3.25. The molecule has 3 atom stereocenters. The Morgan fingerprint density at radius 3 is 2.41 bits per heavy atom. The number of benzene rings is 1. The van der Waals surface area contributed by atoms with E-state index < -0.39 is 23.6 Å². The third-order valence-corrected chi connectivity index (χ3v) is 4.44. The van der Waals surface area contributed by atoms with Crippen molar-refractivity contribution in [1.82, 2.24) is 10.6 Å². The number of hydrogen-bond donors (Lipinski definition) is 4. The zero-order valence-electron chi connectivity index (χ0n) is 16.4. The smallest absolute Gasteiger partial charge is 0.408 e. The zero-order valence-corrected chi connectivity index (χ0v) is 17.2. The highest BCUT2D eigenvalue weighted by atomic mass is 32.1. The van der Waals surface area contributed by atoms with Crippen molar-refractivity contribution in [3.8, 4) is 0 Å². The number of aliphatic hydroxyl groups excluding tert-OH is 1. The van der Waals surface area contributed by atoms with E-state index in [2.05, 4.69) is 23.3 Å². The first-order chi connectivity index (χ1) is 12.8. The van der Waals surface area contributed by atoms with Crippen LogP contribution in [0.15, 0.2) is 30.3 Å². The summed E-state index contributed by atoms with van der Waals surface area (Å²) in [4.78, 5) is 24.8. The number of unbranched alkanes of at least 4 members (excludes halogenated alkanes) is 1. The molecule has 0 saturated carbocycles. The minimum absolute atomic E-state index is 0.136. The van der Waals surface area contributed by atoms with Crippen molar-refractivity contribution >= 4 is 24.6 Å². The second-order valence-corrected chi connectivity index (χ2v) is 7.59. The summed E-state index contributed by atoms with van der Waals surface area (Å²) in [6.45, 7) is 6.12. The number of hydrogen-bond acceptors (Lipinski definition) is 5. The van der Waals surface area contributed by atoms with Gasteiger partial charge in [-0.25, -0.2) is 4.79 Å². The van der Waals surface area contributed by atoms with Gasteiger partial charge in [-0.1, -0.05) is 63.9 Å². The number of aliphatic hydroxyl groups is 1. The van der Waals surface area contributed by atoms with Gasteiger partial charge in [-0.3, -0.25) is 4.79 Å². The lowest BCUT2D eigenvalue weighted by molar-refractivity contribution is -0.124. The van der Waals surface area contributed by atoms with Crippen LogP contribution in [0.4, 0.5) is 4.79 Å². The Morgan fingerprint density at radius 1 is 1.19 bits per heavy atom. The van der Waals surface area contributed by atoms with Crippen molar-refractivity contribution in [3.05, 3.63) is 35.9 Å². The molecule has 0 heterocycles. The molecule has 0 bridgehead atoms. The fourth-order valence-corrected chi connectivity index (χ4v) is 2.84. The van der Waals surface area contributed by atoms with Crippen LogP contribution in [0.5, 0.6) is 0 Å². The highest BCUT2D eigenvalue weighted by molar-refractivity contribution is 7.80.